The van der Waals surface area contributed by atoms with Gasteiger partial charge in [0.15, 0.2) is 0 Å². The lowest BCUT2D eigenvalue weighted by Crippen LogP contribution is -2.42. The predicted molar refractivity (Wildman–Crippen MR) is 85.1 cm³/mol. The van der Waals surface area contributed by atoms with E-state index >= 15 is 0 Å². The number of hydrogen-bond donors (Lipinski definition) is 1. The minimum absolute atomic E-state index is 0.0986. The summed E-state index contributed by atoms with van der Waals surface area (Å²) in [6, 6.07) is 4.95. The molecule has 1 aliphatic heterocycles. The molecule has 2 rings (SSSR count). The monoisotopic (exact) mass is 342 g/mol. The number of halogens is 2. The van der Waals surface area contributed by atoms with Crippen LogP contribution in [0.4, 0.5) is 4.39 Å². The van der Waals surface area contributed by atoms with Gasteiger partial charge >= 0.3 is 0 Å². The van der Waals surface area contributed by atoms with E-state index in [0.29, 0.717) is 12.0 Å². The highest BCUT2D eigenvalue weighted by Gasteiger charge is 2.32. The van der Waals surface area contributed by atoms with E-state index in [0.717, 1.165) is 23.1 Å². The molecule has 2 nitrogen and oxygen atoms in total. The first-order valence-electron chi connectivity index (χ1n) is 7.38. The Bertz CT molecular complexity index is 456. The Labute approximate surface area is 129 Å². The van der Waals surface area contributed by atoms with Crippen molar-refractivity contribution in [1.82, 2.24) is 4.90 Å². The first kappa shape index (κ1) is 15.9. The van der Waals surface area contributed by atoms with E-state index < -0.39 is 0 Å². The van der Waals surface area contributed by atoms with Gasteiger partial charge in [-0.15, -0.1) is 0 Å². The highest BCUT2D eigenvalue weighted by Crippen LogP contribution is 2.37. The molecule has 0 amide bonds. The maximum atomic E-state index is 13.5. The van der Waals surface area contributed by atoms with Gasteiger partial charge in [0.05, 0.1) is 0 Å². The topological polar surface area (TPSA) is 29.3 Å². The lowest BCUT2D eigenvalue weighted by atomic mass is 9.78. The number of hydrogen-bond acceptors (Lipinski definition) is 2. The van der Waals surface area contributed by atoms with Crippen molar-refractivity contribution in [2.24, 2.45) is 11.1 Å². The first-order chi connectivity index (χ1) is 9.49. The Balaban J connectivity index is 2.15. The Morgan fingerprint density at radius 1 is 1.40 bits per heavy atom. The van der Waals surface area contributed by atoms with E-state index in [1.54, 1.807) is 12.1 Å². The largest absolute Gasteiger partial charge is 0.329 e. The van der Waals surface area contributed by atoms with Crippen LogP contribution in [0.1, 0.15) is 44.7 Å². The summed E-state index contributed by atoms with van der Waals surface area (Å²) in [5, 5.41) is 0. The van der Waals surface area contributed by atoms with Crippen LogP contribution in [0.5, 0.6) is 0 Å². The van der Waals surface area contributed by atoms with Crippen LogP contribution < -0.4 is 5.73 Å². The fourth-order valence-electron chi connectivity index (χ4n) is 2.97. The number of nitrogens with two attached hydrogens (primary N) is 1. The van der Waals surface area contributed by atoms with Crippen LogP contribution in [0.2, 0.25) is 0 Å². The molecule has 1 aromatic carbocycles. The molecular weight excluding hydrogens is 319 g/mol. The standard InChI is InChI=1S/C16H24BrFN2/c1-3-16(2)6-8-20(9-7-16)15(11-19)13-10-12(18)4-5-14(13)17/h4-5,10,15H,3,6-9,11,19H2,1-2H3. The molecule has 1 unspecified atom stereocenters. The van der Waals surface area contributed by atoms with Crippen molar-refractivity contribution in [1.29, 1.82) is 0 Å². The Morgan fingerprint density at radius 2 is 2.05 bits per heavy atom. The quantitative estimate of drug-likeness (QED) is 0.892. The summed E-state index contributed by atoms with van der Waals surface area (Å²) in [5.41, 5.74) is 7.39. The fraction of sp³-hybridized carbons (Fsp3) is 0.625. The molecule has 1 heterocycles. The molecule has 0 saturated carbocycles. The highest BCUT2D eigenvalue weighted by molar-refractivity contribution is 9.10. The zero-order valence-corrected chi connectivity index (χ0v) is 13.9. The van der Waals surface area contributed by atoms with Crippen LogP contribution in [-0.4, -0.2) is 24.5 Å². The Kier molecular flexibility index (Phi) is 5.21. The second kappa shape index (κ2) is 6.54. The minimum atomic E-state index is -0.197. The van der Waals surface area contributed by atoms with Crippen molar-refractivity contribution < 1.29 is 4.39 Å². The summed E-state index contributed by atoms with van der Waals surface area (Å²) in [6.07, 6.45) is 3.59. The molecule has 20 heavy (non-hydrogen) atoms. The van der Waals surface area contributed by atoms with Gasteiger partial charge < -0.3 is 5.73 Å². The van der Waals surface area contributed by atoms with Crippen molar-refractivity contribution in [3.05, 3.63) is 34.1 Å². The summed E-state index contributed by atoms with van der Waals surface area (Å²) in [4.78, 5) is 2.40. The molecule has 4 heteroatoms. The molecule has 2 N–H and O–H groups in total. The normalized spacial score (nSPS) is 20.9. The van der Waals surface area contributed by atoms with Crippen LogP contribution in [0.15, 0.2) is 22.7 Å². The van der Waals surface area contributed by atoms with Crippen molar-refractivity contribution in [2.75, 3.05) is 19.6 Å². The average Bonchev–Trinajstić information content (AvgIpc) is 2.45. The maximum Gasteiger partial charge on any atom is 0.123 e. The van der Waals surface area contributed by atoms with Gasteiger partial charge in [0, 0.05) is 17.1 Å². The van der Waals surface area contributed by atoms with Crippen molar-refractivity contribution in [3.63, 3.8) is 0 Å². The van der Waals surface area contributed by atoms with E-state index in [1.165, 1.54) is 25.3 Å². The number of likely N-dealkylation sites (tertiary alicyclic amines) is 1. The predicted octanol–water partition coefficient (Wildman–Crippen LogP) is 4.10. The van der Waals surface area contributed by atoms with Gasteiger partial charge in [-0.2, -0.15) is 0 Å². The average molecular weight is 343 g/mol. The SMILES string of the molecule is CCC1(C)CCN(C(CN)c2cc(F)ccc2Br)CC1. The summed E-state index contributed by atoms with van der Waals surface area (Å²) < 4.78 is 14.5. The molecule has 0 aliphatic carbocycles. The fourth-order valence-corrected chi connectivity index (χ4v) is 3.48. The van der Waals surface area contributed by atoms with E-state index in [-0.39, 0.29) is 11.9 Å². The van der Waals surface area contributed by atoms with Gasteiger partial charge in [0.25, 0.3) is 0 Å². The zero-order valence-electron chi connectivity index (χ0n) is 12.3. The van der Waals surface area contributed by atoms with Crippen molar-refractivity contribution in [3.8, 4) is 0 Å². The van der Waals surface area contributed by atoms with Gasteiger partial charge in [-0.3, -0.25) is 4.90 Å². The van der Waals surface area contributed by atoms with E-state index in [9.17, 15) is 4.39 Å². The lowest BCUT2D eigenvalue weighted by Gasteiger charge is -2.42. The Hall–Kier alpha value is -0.450. The smallest absolute Gasteiger partial charge is 0.123 e. The van der Waals surface area contributed by atoms with Gasteiger partial charge in [-0.05, 0) is 55.1 Å². The molecule has 0 spiro atoms. The molecule has 112 valence electrons. The van der Waals surface area contributed by atoms with Crippen molar-refractivity contribution in [2.45, 2.75) is 39.2 Å². The third kappa shape index (κ3) is 3.41. The molecule has 1 aliphatic rings. The highest BCUT2D eigenvalue weighted by atomic mass is 79.9. The molecule has 1 aromatic rings. The molecule has 1 atom stereocenters. The minimum Gasteiger partial charge on any atom is -0.329 e. The zero-order chi connectivity index (χ0) is 14.8. The van der Waals surface area contributed by atoms with E-state index in [1.807, 2.05) is 0 Å². The molecule has 1 saturated heterocycles. The van der Waals surface area contributed by atoms with Crippen LogP contribution in [0, 0.1) is 11.2 Å². The second-order valence-corrected chi connectivity index (χ2v) is 6.97. The number of nitrogens with zero attached hydrogens (tertiary/aromatic N) is 1. The molecule has 0 aromatic heterocycles. The van der Waals surface area contributed by atoms with Crippen molar-refractivity contribution >= 4 is 15.9 Å². The summed E-state index contributed by atoms with van der Waals surface area (Å²) in [5.74, 6) is -0.197. The Morgan fingerprint density at radius 3 is 2.60 bits per heavy atom. The second-order valence-electron chi connectivity index (χ2n) is 6.12. The van der Waals surface area contributed by atoms with Gasteiger partial charge in [0.2, 0.25) is 0 Å². The summed E-state index contributed by atoms with van der Waals surface area (Å²) in [6.45, 7) is 7.22. The molecule has 1 fully saturated rings. The van der Waals surface area contributed by atoms with E-state index in [4.69, 9.17) is 5.73 Å². The van der Waals surface area contributed by atoms with Crippen LogP contribution in [0.3, 0.4) is 0 Å². The molecule has 0 bridgehead atoms. The summed E-state index contributed by atoms with van der Waals surface area (Å²) in [7, 11) is 0. The summed E-state index contributed by atoms with van der Waals surface area (Å²) >= 11 is 3.53. The molecular formula is C16H24BrFN2. The number of rotatable bonds is 4. The number of piperidine rings is 1. The van der Waals surface area contributed by atoms with Crippen LogP contribution in [-0.2, 0) is 0 Å². The molecule has 0 radical (unpaired) electrons. The third-order valence-corrected chi connectivity index (χ3v) is 5.56. The third-order valence-electron chi connectivity index (χ3n) is 4.84. The lowest BCUT2D eigenvalue weighted by molar-refractivity contribution is 0.0825. The van der Waals surface area contributed by atoms with Crippen LogP contribution in [0.25, 0.3) is 0 Å². The van der Waals surface area contributed by atoms with Gasteiger partial charge in [0.1, 0.15) is 5.82 Å². The van der Waals surface area contributed by atoms with Crippen LogP contribution >= 0.6 is 15.9 Å². The van der Waals surface area contributed by atoms with E-state index in [2.05, 4.69) is 34.7 Å². The van der Waals surface area contributed by atoms with Gasteiger partial charge in [-0.25, -0.2) is 4.39 Å². The maximum absolute atomic E-state index is 13.5. The first-order valence-corrected chi connectivity index (χ1v) is 8.17. The van der Waals surface area contributed by atoms with Gasteiger partial charge in [-0.1, -0.05) is 36.2 Å². The number of benzene rings is 1.